The Morgan fingerprint density at radius 1 is 1.45 bits per heavy atom. The predicted octanol–water partition coefficient (Wildman–Crippen LogP) is 3.59. The van der Waals surface area contributed by atoms with Crippen LogP contribution in [0.3, 0.4) is 0 Å². The van der Waals surface area contributed by atoms with E-state index in [9.17, 15) is 4.39 Å². The Balaban J connectivity index is 1.85. The molecule has 1 aliphatic rings. The third-order valence-electron chi connectivity index (χ3n) is 4.43. The lowest BCUT2D eigenvalue weighted by molar-refractivity contribution is 0.275. The molecule has 2 heterocycles. The van der Waals surface area contributed by atoms with E-state index in [1.807, 2.05) is 0 Å². The summed E-state index contributed by atoms with van der Waals surface area (Å²) in [5.41, 5.74) is 0.675. The Kier molecular flexibility index (Phi) is 4.43. The van der Waals surface area contributed by atoms with E-state index < -0.39 is 5.82 Å². The minimum Gasteiger partial charge on any atom is -0.494 e. The van der Waals surface area contributed by atoms with Crippen LogP contribution in [0.1, 0.15) is 31.6 Å². The minimum absolute atomic E-state index is 0.228. The molecule has 1 saturated heterocycles. The van der Waals surface area contributed by atoms with Crippen LogP contribution in [-0.2, 0) is 0 Å². The first-order valence-corrected chi connectivity index (χ1v) is 7.73. The second-order valence-electron chi connectivity index (χ2n) is 5.68. The topological polar surface area (TPSA) is 47.3 Å². The average Bonchev–Trinajstić information content (AvgIpc) is 3.04. The number of ether oxygens (including phenoxy) is 1. The lowest BCUT2D eigenvalue weighted by Gasteiger charge is -2.29. The van der Waals surface area contributed by atoms with Crippen LogP contribution in [0.15, 0.2) is 28.8 Å². The molecule has 0 spiro atoms. The van der Waals surface area contributed by atoms with E-state index in [-0.39, 0.29) is 11.7 Å². The van der Waals surface area contributed by atoms with E-state index >= 15 is 0 Å². The van der Waals surface area contributed by atoms with Crippen molar-refractivity contribution in [1.29, 1.82) is 0 Å². The van der Waals surface area contributed by atoms with Crippen molar-refractivity contribution in [2.24, 2.45) is 5.92 Å². The molecule has 0 radical (unpaired) electrons. The number of methoxy groups -OCH3 is 1. The Bertz CT molecular complexity index is 641. The fourth-order valence-electron chi connectivity index (χ4n) is 3.10. The van der Waals surface area contributed by atoms with Crippen LogP contribution < -0.4 is 10.1 Å². The highest BCUT2D eigenvalue weighted by molar-refractivity contribution is 5.58. The molecule has 3 rings (SSSR count). The molecule has 1 aliphatic heterocycles. The summed E-state index contributed by atoms with van der Waals surface area (Å²) in [7, 11) is 1.45. The quantitative estimate of drug-likeness (QED) is 0.937. The van der Waals surface area contributed by atoms with Gasteiger partial charge in [-0.2, -0.15) is 0 Å². The van der Waals surface area contributed by atoms with E-state index in [0.717, 1.165) is 31.8 Å². The van der Waals surface area contributed by atoms with Crippen LogP contribution in [0, 0.1) is 11.7 Å². The molecule has 1 aromatic heterocycles. The molecule has 0 saturated carbocycles. The second kappa shape index (κ2) is 6.48. The number of benzene rings is 1. The second-order valence-corrected chi connectivity index (χ2v) is 5.68. The fraction of sp³-hybridized carbons (Fsp3) is 0.471. The smallest absolute Gasteiger partial charge is 0.199 e. The summed E-state index contributed by atoms with van der Waals surface area (Å²) in [4.78, 5) is 4.43. The van der Waals surface area contributed by atoms with Gasteiger partial charge in [0.2, 0.25) is 0 Å². The Hall–Kier alpha value is -1.88. The highest BCUT2D eigenvalue weighted by atomic mass is 19.1. The van der Waals surface area contributed by atoms with Crippen molar-refractivity contribution in [3.63, 3.8) is 0 Å². The van der Waals surface area contributed by atoms with E-state index in [4.69, 9.17) is 9.15 Å². The first-order valence-electron chi connectivity index (χ1n) is 7.73. The molecule has 22 heavy (non-hydrogen) atoms. The zero-order valence-corrected chi connectivity index (χ0v) is 12.9. The van der Waals surface area contributed by atoms with Gasteiger partial charge in [-0.1, -0.05) is 13.3 Å². The molecule has 1 N–H and O–H groups in total. The molecular weight excluding hydrogens is 283 g/mol. The maximum atomic E-state index is 13.8. The third kappa shape index (κ3) is 2.86. The van der Waals surface area contributed by atoms with Crippen molar-refractivity contribution in [2.45, 2.75) is 25.7 Å². The lowest BCUT2D eigenvalue weighted by atomic mass is 9.84. The van der Waals surface area contributed by atoms with E-state index in [0.29, 0.717) is 17.2 Å². The Morgan fingerprint density at radius 3 is 3.05 bits per heavy atom. The number of rotatable bonds is 4. The summed E-state index contributed by atoms with van der Waals surface area (Å²) in [6.45, 7) is 4.13. The third-order valence-corrected chi connectivity index (χ3v) is 4.43. The molecule has 1 aromatic carbocycles. The number of nitrogens with one attached hydrogen (secondary N) is 1. The van der Waals surface area contributed by atoms with Gasteiger partial charge in [0.1, 0.15) is 0 Å². The fourth-order valence-corrected chi connectivity index (χ4v) is 3.10. The SMILES string of the molecule is CCC1CCNCC1c1ncc(-c2ccc(OC)c(F)c2)o1. The molecule has 4 nitrogen and oxygen atoms in total. The van der Waals surface area contributed by atoms with Crippen LogP contribution in [0.5, 0.6) is 5.75 Å². The van der Waals surface area contributed by atoms with E-state index in [1.54, 1.807) is 18.3 Å². The number of oxazole rings is 1. The first kappa shape index (κ1) is 15.0. The van der Waals surface area contributed by atoms with Crippen LogP contribution in [0.2, 0.25) is 0 Å². The lowest BCUT2D eigenvalue weighted by Crippen LogP contribution is -2.35. The van der Waals surface area contributed by atoms with Crippen LogP contribution >= 0.6 is 0 Å². The molecule has 0 aliphatic carbocycles. The maximum absolute atomic E-state index is 13.8. The minimum atomic E-state index is -0.399. The molecule has 1 fully saturated rings. The van der Waals surface area contributed by atoms with Gasteiger partial charge in [-0.05, 0) is 37.1 Å². The summed E-state index contributed by atoms with van der Waals surface area (Å²) in [6, 6.07) is 4.80. The molecule has 0 amide bonds. The number of aromatic nitrogens is 1. The summed E-state index contributed by atoms with van der Waals surface area (Å²) < 4.78 is 24.7. The first-order chi connectivity index (χ1) is 10.7. The summed E-state index contributed by atoms with van der Waals surface area (Å²) in [5, 5.41) is 3.39. The number of hydrogen-bond donors (Lipinski definition) is 1. The van der Waals surface area contributed by atoms with Gasteiger partial charge in [0.15, 0.2) is 23.2 Å². The molecule has 2 aromatic rings. The highest BCUT2D eigenvalue weighted by Crippen LogP contribution is 2.33. The molecular formula is C17H21FN2O2. The van der Waals surface area contributed by atoms with Crippen molar-refractivity contribution in [3.8, 4) is 17.1 Å². The van der Waals surface area contributed by atoms with Crippen LogP contribution in [-0.4, -0.2) is 25.2 Å². The molecule has 5 heteroatoms. The van der Waals surface area contributed by atoms with Gasteiger partial charge in [-0.25, -0.2) is 9.37 Å². The monoisotopic (exact) mass is 304 g/mol. The molecule has 2 unspecified atom stereocenters. The normalized spacial score (nSPS) is 21.8. The summed E-state index contributed by atoms with van der Waals surface area (Å²) >= 11 is 0. The maximum Gasteiger partial charge on any atom is 0.199 e. The van der Waals surface area contributed by atoms with Crippen LogP contribution in [0.25, 0.3) is 11.3 Å². The van der Waals surface area contributed by atoms with Gasteiger partial charge in [0.05, 0.1) is 19.2 Å². The van der Waals surface area contributed by atoms with Crippen molar-refractivity contribution >= 4 is 0 Å². The van der Waals surface area contributed by atoms with Crippen molar-refractivity contribution in [1.82, 2.24) is 10.3 Å². The number of nitrogens with zero attached hydrogens (tertiary/aromatic N) is 1. The average molecular weight is 304 g/mol. The Labute approximate surface area is 129 Å². The van der Waals surface area contributed by atoms with Gasteiger partial charge >= 0.3 is 0 Å². The van der Waals surface area contributed by atoms with Gasteiger partial charge in [-0.15, -0.1) is 0 Å². The zero-order valence-electron chi connectivity index (χ0n) is 12.9. The highest BCUT2D eigenvalue weighted by Gasteiger charge is 2.28. The molecule has 118 valence electrons. The zero-order chi connectivity index (χ0) is 15.5. The Morgan fingerprint density at radius 2 is 2.32 bits per heavy atom. The number of piperidine rings is 1. The molecule has 2 atom stereocenters. The summed E-state index contributed by atoms with van der Waals surface area (Å²) in [6.07, 6.45) is 3.93. The van der Waals surface area contributed by atoms with Crippen molar-refractivity contribution in [2.75, 3.05) is 20.2 Å². The number of hydrogen-bond acceptors (Lipinski definition) is 4. The van der Waals surface area contributed by atoms with Crippen molar-refractivity contribution < 1.29 is 13.5 Å². The number of halogens is 1. The van der Waals surface area contributed by atoms with E-state index in [2.05, 4.69) is 17.2 Å². The van der Waals surface area contributed by atoms with Gasteiger partial charge in [0, 0.05) is 12.1 Å². The van der Waals surface area contributed by atoms with Crippen molar-refractivity contribution in [3.05, 3.63) is 36.1 Å². The molecule has 0 bridgehead atoms. The van der Waals surface area contributed by atoms with E-state index in [1.165, 1.54) is 13.2 Å². The summed E-state index contributed by atoms with van der Waals surface area (Å²) in [5.74, 6) is 2.04. The predicted molar refractivity (Wildman–Crippen MR) is 82.5 cm³/mol. The standard InChI is InChI=1S/C17H21FN2O2/c1-3-11-6-7-19-9-13(11)17-20-10-16(22-17)12-4-5-15(21-2)14(18)8-12/h4-5,8,10-11,13,19H,3,6-7,9H2,1-2H3. The van der Waals surface area contributed by atoms with Gasteiger partial charge in [0.25, 0.3) is 0 Å². The van der Waals surface area contributed by atoms with Crippen LogP contribution in [0.4, 0.5) is 4.39 Å². The van der Waals surface area contributed by atoms with Gasteiger partial charge < -0.3 is 14.5 Å². The largest absolute Gasteiger partial charge is 0.494 e. The van der Waals surface area contributed by atoms with Gasteiger partial charge in [-0.3, -0.25) is 0 Å².